The Labute approximate surface area is 243 Å². The van der Waals surface area contributed by atoms with Crippen LogP contribution in [0.4, 0.5) is 5.69 Å². The van der Waals surface area contributed by atoms with E-state index in [0.29, 0.717) is 27.6 Å². The van der Waals surface area contributed by atoms with Crippen molar-refractivity contribution in [2.75, 3.05) is 11.9 Å². The molecule has 41 heavy (non-hydrogen) atoms. The molecule has 0 atom stereocenters. The number of halogens is 1. The Bertz CT molecular complexity index is 1680. The quantitative estimate of drug-likeness (QED) is 0.152. The maximum absolute atomic E-state index is 12.7. The summed E-state index contributed by atoms with van der Waals surface area (Å²) >= 11 is 6.32. The van der Waals surface area contributed by atoms with Gasteiger partial charge in [-0.25, -0.2) is 5.43 Å². The molecule has 7 nitrogen and oxygen atoms in total. The number of hydrogen-bond acceptors (Lipinski definition) is 4. The van der Waals surface area contributed by atoms with Crippen LogP contribution >= 0.6 is 11.6 Å². The maximum atomic E-state index is 12.7. The fourth-order valence-electron chi connectivity index (χ4n) is 4.28. The minimum atomic E-state index is -0.337. The number of aromatic nitrogens is 1. The summed E-state index contributed by atoms with van der Waals surface area (Å²) in [6.07, 6.45) is 1.49. The summed E-state index contributed by atoms with van der Waals surface area (Å²) < 4.78 is 7.70. The van der Waals surface area contributed by atoms with Crippen LogP contribution in [0.5, 0.6) is 5.75 Å². The third kappa shape index (κ3) is 6.90. The summed E-state index contributed by atoms with van der Waals surface area (Å²) in [4.78, 5) is 24.8. The predicted octanol–water partition coefficient (Wildman–Crippen LogP) is 6.89. The third-order valence-electron chi connectivity index (χ3n) is 6.29. The molecule has 4 aromatic carbocycles. The zero-order valence-electron chi connectivity index (χ0n) is 22.3. The highest BCUT2D eigenvalue weighted by Gasteiger charge is 2.11. The SMILES string of the molecule is Cc1ccc(-c2ccccc2)n1-c1ccc(C(=O)N/N=C/c2ccc(OCC(=O)Nc3ccccc3)c(Cl)c2)cc1. The van der Waals surface area contributed by atoms with E-state index >= 15 is 0 Å². The van der Waals surface area contributed by atoms with Crippen LogP contribution < -0.4 is 15.5 Å². The van der Waals surface area contributed by atoms with E-state index in [4.69, 9.17) is 16.3 Å². The standard InChI is InChI=1S/C33H27ClN4O3/c1-23-12-18-30(25-8-4-2-5-9-25)38(23)28-16-14-26(15-17-28)33(40)37-35-21-24-13-19-31(29(34)20-24)41-22-32(39)36-27-10-6-3-7-11-27/h2-21H,22H2,1H3,(H,36,39)(H,37,40)/b35-21+. The minimum Gasteiger partial charge on any atom is -0.482 e. The molecule has 0 saturated heterocycles. The Morgan fingerprint density at radius 1 is 0.878 bits per heavy atom. The van der Waals surface area contributed by atoms with E-state index in [1.165, 1.54) is 6.21 Å². The maximum Gasteiger partial charge on any atom is 0.271 e. The van der Waals surface area contributed by atoms with Crippen molar-refractivity contribution in [3.05, 3.63) is 137 Å². The third-order valence-corrected chi connectivity index (χ3v) is 6.58. The highest BCUT2D eigenvalue weighted by Crippen LogP contribution is 2.27. The first-order valence-electron chi connectivity index (χ1n) is 12.9. The van der Waals surface area contributed by atoms with E-state index in [-0.39, 0.29) is 18.4 Å². The van der Waals surface area contributed by atoms with E-state index in [9.17, 15) is 9.59 Å². The summed E-state index contributed by atoms with van der Waals surface area (Å²) in [5, 5.41) is 7.12. The molecule has 2 amide bonds. The molecule has 204 valence electrons. The van der Waals surface area contributed by atoms with Gasteiger partial charge >= 0.3 is 0 Å². The van der Waals surface area contributed by atoms with Gasteiger partial charge in [0, 0.05) is 22.6 Å². The number of carbonyl (C=O) groups excluding carboxylic acids is 2. The number of ether oxygens (including phenoxy) is 1. The number of nitrogens with zero attached hydrogens (tertiary/aromatic N) is 2. The second kappa shape index (κ2) is 12.8. The van der Waals surface area contributed by atoms with Gasteiger partial charge in [0.05, 0.1) is 16.9 Å². The van der Waals surface area contributed by atoms with Crippen LogP contribution in [-0.2, 0) is 4.79 Å². The number of hydrogen-bond donors (Lipinski definition) is 2. The van der Waals surface area contributed by atoms with Crippen molar-refractivity contribution in [1.29, 1.82) is 0 Å². The van der Waals surface area contributed by atoms with E-state index < -0.39 is 0 Å². The lowest BCUT2D eigenvalue weighted by Gasteiger charge is -2.12. The summed E-state index contributed by atoms with van der Waals surface area (Å²) in [5.41, 5.74) is 8.61. The van der Waals surface area contributed by atoms with E-state index in [1.54, 1.807) is 42.5 Å². The smallest absolute Gasteiger partial charge is 0.271 e. The number of aryl methyl sites for hydroxylation is 1. The van der Waals surface area contributed by atoms with Crippen molar-refractivity contribution in [2.24, 2.45) is 5.10 Å². The topological polar surface area (TPSA) is 84.7 Å². The minimum absolute atomic E-state index is 0.186. The molecule has 0 aliphatic carbocycles. The van der Waals surface area contributed by atoms with E-state index in [0.717, 1.165) is 22.6 Å². The molecule has 1 heterocycles. The number of nitrogens with one attached hydrogen (secondary N) is 2. The molecule has 5 aromatic rings. The van der Waals surface area contributed by atoms with Crippen LogP contribution in [0.1, 0.15) is 21.6 Å². The molecule has 8 heteroatoms. The zero-order valence-corrected chi connectivity index (χ0v) is 23.0. The van der Waals surface area contributed by atoms with Gasteiger partial charge in [0.15, 0.2) is 6.61 Å². The molecule has 0 bridgehead atoms. The first-order valence-corrected chi connectivity index (χ1v) is 13.3. The molecule has 5 rings (SSSR count). The lowest BCUT2D eigenvalue weighted by Crippen LogP contribution is -2.20. The van der Waals surface area contributed by atoms with Crippen LogP contribution in [0.25, 0.3) is 16.9 Å². The number of hydrazone groups is 1. The number of rotatable bonds is 9. The van der Waals surface area contributed by atoms with Crippen LogP contribution in [0, 0.1) is 6.92 Å². The van der Waals surface area contributed by atoms with Gasteiger partial charge in [-0.15, -0.1) is 0 Å². The molecular weight excluding hydrogens is 536 g/mol. The van der Waals surface area contributed by atoms with Crippen LogP contribution in [-0.4, -0.2) is 29.2 Å². The Hall–Kier alpha value is -5.14. The largest absolute Gasteiger partial charge is 0.482 e. The molecule has 1 aromatic heterocycles. The molecule has 2 N–H and O–H groups in total. The Morgan fingerprint density at radius 3 is 2.29 bits per heavy atom. The number of para-hydroxylation sites is 1. The van der Waals surface area contributed by atoms with Crippen molar-refractivity contribution >= 4 is 35.3 Å². The van der Waals surface area contributed by atoms with Gasteiger partial charge < -0.3 is 14.6 Å². The van der Waals surface area contributed by atoms with E-state index in [2.05, 4.69) is 51.6 Å². The second-order valence-corrected chi connectivity index (χ2v) is 9.61. The van der Waals surface area contributed by atoms with Crippen LogP contribution in [0.2, 0.25) is 5.02 Å². The number of carbonyl (C=O) groups is 2. The summed E-state index contributed by atoms with van der Waals surface area (Å²) in [7, 11) is 0. The molecule has 0 fully saturated rings. The molecule has 0 unspecified atom stereocenters. The zero-order chi connectivity index (χ0) is 28.6. The van der Waals surface area contributed by atoms with E-state index in [1.807, 2.05) is 48.5 Å². The summed E-state index contributed by atoms with van der Waals surface area (Å²) in [6.45, 7) is 1.86. The van der Waals surface area contributed by atoms with Crippen molar-refractivity contribution in [2.45, 2.75) is 6.92 Å². The van der Waals surface area contributed by atoms with Crippen molar-refractivity contribution in [1.82, 2.24) is 9.99 Å². The van der Waals surface area contributed by atoms with Gasteiger partial charge in [0.1, 0.15) is 5.75 Å². The first-order chi connectivity index (χ1) is 20.0. The Morgan fingerprint density at radius 2 is 1.59 bits per heavy atom. The number of anilines is 1. The van der Waals surface area contributed by atoms with Crippen LogP contribution in [0.15, 0.2) is 120 Å². The summed E-state index contributed by atoms with van der Waals surface area (Å²) in [5.74, 6) is -0.269. The van der Waals surface area contributed by atoms with Crippen LogP contribution in [0.3, 0.4) is 0 Å². The molecular formula is C33H27ClN4O3. The number of amides is 2. The fraction of sp³-hybridized carbons (Fsp3) is 0.0606. The normalized spacial score (nSPS) is 10.9. The lowest BCUT2D eigenvalue weighted by molar-refractivity contribution is -0.118. The molecule has 0 saturated carbocycles. The highest BCUT2D eigenvalue weighted by atomic mass is 35.5. The molecule has 0 radical (unpaired) electrons. The van der Waals surface area contributed by atoms with Gasteiger partial charge in [-0.1, -0.05) is 60.1 Å². The van der Waals surface area contributed by atoms with Crippen molar-refractivity contribution in [3.63, 3.8) is 0 Å². The molecule has 0 spiro atoms. The van der Waals surface area contributed by atoms with Gasteiger partial charge in [0.25, 0.3) is 11.8 Å². The Kier molecular flexibility index (Phi) is 8.57. The highest BCUT2D eigenvalue weighted by molar-refractivity contribution is 6.32. The number of benzene rings is 4. The second-order valence-electron chi connectivity index (χ2n) is 9.20. The fourth-order valence-corrected chi connectivity index (χ4v) is 4.53. The summed E-state index contributed by atoms with van der Waals surface area (Å²) in [6, 6.07) is 35.8. The van der Waals surface area contributed by atoms with Gasteiger partial charge in [-0.2, -0.15) is 5.10 Å². The lowest BCUT2D eigenvalue weighted by atomic mass is 10.1. The van der Waals surface area contributed by atoms with Gasteiger partial charge in [-0.3, -0.25) is 9.59 Å². The van der Waals surface area contributed by atoms with Gasteiger partial charge in [-0.05, 0) is 84.8 Å². The monoisotopic (exact) mass is 562 g/mol. The first kappa shape index (κ1) is 27.4. The average molecular weight is 563 g/mol. The Balaban J connectivity index is 1.17. The predicted molar refractivity (Wildman–Crippen MR) is 163 cm³/mol. The van der Waals surface area contributed by atoms with Crippen molar-refractivity contribution in [3.8, 4) is 22.7 Å². The van der Waals surface area contributed by atoms with Gasteiger partial charge in [0.2, 0.25) is 0 Å². The van der Waals surface area contributed by atoms with Crippen molar-refractivity contribution < 1.29 is 14.3 Å². The molecule has 0 aliphatic rings. The average Bonchev–Trinajstić information content (AvgIpc) is 3.39. The molecule has 0 aliphatic heterocycles.